The Morgan fingerprint density at radius 1 is 0.786 bits per heavy atom. The standard InChI is InChI=1S/C37H35N3O2/c1-25-9-7-8-12-34(25)35(24-36(40-42)33-21-22-38-26(2)23-33)31-17-13-29(14-18-31)30-15-19-32(20-16-30)37(41)39-27(3)28-10-5-4-6-11-28/h4-23,27,35,42H,24H2,1-3H3,(H,39,41)/t27-,35+/m1/s1. The lowest BCUT2D eigenvalue weighted by atomic mass is 9.83. The normalized spacial score (nSPS) is 12.9. The Morgan fingerprint density at radius 3 is 2.07 bits per heavy atom. The lowest BCUT2D eigenvalue weighted by Crippen LogP contribution is -2.26. The van der Waals surface area contributed by atoms with Crippen molar-refractivity contribution in [2.75, 3.05) is 0 Å². The van der Waals surface area contributed by atoms with Gasteiger partial charge in [-0.15, -0.1) is 0 Å². The predicted octanol–water partition coefficient (Wildman–Crippen LogP) is 8.26. The van der Waals surface area contributed by atoms with Crippen LogP contribution in [-0.2, 0) is 0 Å². The number of nitrogens with one attached hydrogen (secondary N) is 1. The molecule has 0 aliphatic rings. The van der Waals surface area contributed by atoms with E-state index in [1.165, 1.54) is 11.1 Å². The molecule has 210 valence electrons. The van der Waals surface area contributed by atoms with Crippen molar-refractivity contribution >= 4 is 11.6 Å². The Morgan fingerprint density at radius 2 is 1.43 bits per heavy atom. The van der Waals surface area contributed by atoms with Gasteiger partial charge in [0.15, 0.2) is 0 Å². The third-order valence-corrected chi connectivity index (χ3v) is 7.75. The molecule has 5 nitrogen and oxygen atoms in total. The first-order valence-electron chi connectivity index (χ1n) is 14.2. The molecule has 42 heavy (non-hydrogen) atoms. The Kier molecular flexibility index (Phi) is 8.88. The van der Waals surface area contributed by atoms with Crippen LogP contribution >= 0.6 is 0 Å². The van der Waals surface area contributed by atoms with Gasteiger partial charge >= 0.3 is 0 Å². The number of pyridine rings is 1. The van der Waals surface area contributed by atoms with Crippen LogP contribution in [0.5, 0.6) is 0 Å². The highest BCUT2D eigenvalue weighted by Crippen LogP contribution is 2.33. The third kappa shape index (κ3) is 6.64. The summed E-state index contributed by atoms with van der Waals surface area (Å²) in [4.78, 5) is 17.1. The topological polar surface area (TPSA) is 74.6 Å². The van der Waals surface area contributed by atoms with Crippen molar-refractivity contribution in [3.8, 4) is 11.1 Å². The van der Waals surface area contributed by atoms with E-state index in [0.29, 0.717) is 17.7 Å². The smallest absolute Gasteiger partial charge is 0.251 e. The Labute approximate surface area is 247 Å². The highest BCUT2D eigenvalue weighted by molar-refractivity contribution is 6.01. The molecule has 0 saturated heterocycles. The van der Waals surface area contributed by atoms with E-state index in [2.05, 4.69) is 58.8 Å². The number of carbonyl (C=O) groups excluding carboxylic acids is 1. The van der Waals surface area contributed by atoms with Crippen molar-refractivity contribution in [3.63, 3.8) is 0 Å². The Hall–Kier alpha value is -5.03. The van der Waals surface area contributed by atoms with E-state index in [1.54, 1.807) is 6.20 Å². The van der Waals surface area contributed by atoms with Crippen LogP contribution in [0.2, 0.25) is 0 Å². The summed E-state index contributed by atoms with van der Waals surface area (Å²) in [5, 5.41) is 16.8. The molecule has 2 atom stereocenters. The average Bonchev–Trinajstić information content (AvgIpc) is 3.03. The van der Waals surface area contributed by atoms with Gasteiger partial charge in [-0.3, -0.25) is 9.78 Å². The summed E-state index contributed by atoms with van der Waals surface area (Å²) in [5.74, 6) is -0.0997. The third-order valence-electron chi connectivity index (χ3n) is 7.75. The second-order valence-corrected chi connectivity index (χ2v) is 10.7. The zero-order valence-electron chi connectivity index (χ0n) is 24.2. The van der Waals surface area contributed by atoms with Crippen LogP contribution in [-0.4, -0.2) is 21.8 Å². The monoisotopic (exact) mass is 553 g/mol. The van der Waals surface area contributed by atoms with Gasteiger partial charge in [-0.1, -0.05) is 96.2 Å². The average molecular weight is 554 g/mol. The molecule has 1 amide bonds. The quantitative estimate of drug-likeness (QED) is 0.110. The van der Waals surface area contributed by atoms with E-state index in [1.807, 2.05) is 92.7 Å². The first kappa shape index (κ1) is 28.5. The maximum absolute atomic E-state index is 12.8. The van der Waals surface area contributed by atoms with E-state index in [0.717, 1.165) is 33.5 Å². The summed E-state index contributed by atoms with van der Waals surface area (Å²) in [7, 11) is 0. The van der Waals surface area contributed by atoms with Gasteiger partial charge in [0, 0.05) is 35.4 Å². The summed E-state index contributed by atoms with van der Waals surface area (Å²) in [5.41, 5.74) is 9.66. The van der Waals surface area contributed by atoms with Gasteiger partial charge < -0.3 is 10.5 Å². The summed E-state index contributed by atoms with van der Waals surface area (Å²) in [6, 6.07) is 38.2. The molecule has 5 heteroatoms. The van der Waals surface area contributed by atoms with Crippen LogP contribution in [0.3, 0.4) is 0 Å². The van der Waals surface area contributed by atoms with Crippen molar-refractivity contribution in [3.05, 3.63) is 161 Å². The van der Waals surface area contributed by atoms with Gasteiger partial charge in [-0.2, -0.15) is 0 Å². The van der Waals surface area contributed by atoms with Crippen LogP contribution in [0.15, 0.2) is 127 Å². The minimum Gasteiger partial charge on any atom is -0.411 e. The van der Waals surface area contributed by atoms with Crippen LogP contribution in [0.1, 0.15) is 69.2 Å². The second-order valence-electron chi connectivity index (χ2n) is 10.7. The number of hydrogen-bond donors (Lipinski definition) is 2. The number of nitrogens with zero attached hydrogens (tertiary/aromatic N) is 2. The molecule has 0 saturated carbocycles. The molecule has 0 spiro atoms. The maximum atomic E-state index is 12.8. The highest BCUT2D eigenvalue weighted by atomic mass is 16.4. The fourth-order valence-corrected chi connectivity index (χ4v) is 5.35. The molecule has 5 aromatic rings. The molecular weight excluding hydrogens is 518 g/mol. The molecule has 4 aromatic carbocycles. The zero-order valence-corrected chi connectivity index (χ0v) is 24.2. The molecule has 0 radical (unpaired) electrons. The molecule has 0 aliphatic carbocycles. The Balaban J connectivity index is 1.36. The largest absolute Gasteiger partial charge is 0.411 e. The van der Waals surface area contributed by atoms with Crippen molar-refractivity contribution in [1.29, 1.82) is 0 Å². The predicted molar refractivity (Wildman–Crippen MR) is 169 cm³/mol. The summed E-state index contributed by atoms with van der Waals surface area (Å²) < 4.78 is 0. The number of aromatic nitrogens is 1. The van der Waals surface area contributed by atoms with Gasteiger partial charge in [-0.05, 0) is 78.4 Å². The second kappa shape index (κ2) is 13.1. The number of hydrogen-bond acceptors (Lipinski definition) is 4. The molecule has 2 N–H and O–H groups in total. The van der Waals surface area contributed by atoms with E-state index >= 15 is 0 Å². The van der Waals surface area contributed by atoms with E-state index in [4.69, 9.17) is 0 Å². The van der Waals surface area contributed by atoms with Crippen molar-refractivity contribution in [2.24, 2.45) is 5.16 Å². The molecule has 5 rings (SSSR count). The minimum atomic E-state index is -0.0972. The molecule has 0 fully saturated rings. The molecule has 1 heterocycles. The van der Waals surface area contributed by atoms with Gasteiger partial charge in [0.2, 0.25) is 0 Å². The van der Waals surface area contributed by atoms with Crippen LogP contribution < -0.4 is 5.32 Å². The SMILES string of the molecule is Cc1cc(C(C[C@@H](c2ccc(-c3ccc(C(=O)N[C@H](C)c4ccccc4)cc3)cc2)c2ccccc2C)=NO)ccn1. The van der Waals surface area contributed by atoms with Crippen LogP contribution in [0.4, 0.5) is 0 Å². The molecular formula is C37H35N3O2. The van der Waals surface area contributed by atoms with Gasteiger partial charge in [0.1, 0.15) is 0 Å². The molecule has 0 unspecified atom stereocenters. The molecule has 0 aliphatic heterocycles. The van der Waals surface area contributed by atoms with Crippen LogP contribution in [0, 0.1) is 13.8 Å². The lowest BCUT2D eigenvalue weighted by Gasteiger charge is -2.21. The number of rotatable bonds is 9. The number of oxime groups is 1. The first-order valence-corrected chi connectivity index (χ1v) is 14.2. The van der Waals surface area contributed by atoms with E-state index in [9.17, 15) is 10.0 Å². The summed E-state index contributed by atoms with van der Waals surface area (Å²) in [6.07, 6.45) is 2.28. The van der Waals surface area contributed by atoms with Gasteiger partial charge in [0.25, 0.3) is 5.91 Å². The van der Waals surface area contributed by atoms with Gasteiger partial charge in [-0.25, -0.2) is 0 Å². The maximum Gasteiger partial charge on any atom is 0.251 e. The summed E-state index contributed by atoms with van der Waals surface area (Å²) in [6.45, 7) is 6.03. The van der Waals surface area contributed by atoms with Crippen molar-refractivity contribution in [2.45, 2.75) is 39.2 Å². The fourth-order valence-electron chi connectivity index (χ4n) is 5.35. The zero-order chi connectivity index (χ0) is 29.5. The number of amides is 1. The molecule has 0 bridgehead atoms. The fraction of sp³-hybridized carbons (Fsp3) is 0.162. The van der Waals surface area contributed by atoms with Gasteiger partial charge in [0.05, 0.1) is 11.8 Å². The minimum absolute atomic E-state index is 0.00250. The van der Waals surface area contributed by atoms with Crippen molar-refractivity contribution < 1.29 is 10.0 Å². The van der Waals surface area contributed by atoms with Crippen molar-refractivity contribution in [1.82, 2.24) is 10.3 Å². The lowest BCUT2D eigenvalue weighted by molar-refractivity contribution is 0.0940. The first-order chi connectivity index (χ1) is 20.4. The number of benzene rings is 4. The van der Waals surface area contributed by atoms with E-state index < -0.39 is 0 Å². The number of aryl methyl sites for hydroxylation is 2. The highest BCUT2D eigenvalue weighted by Gasteiger charge is 2.21. The number of carbonyl (C=O) groups is 1. The molecule has 1 aromatic heterocycles. The van der Waals surface area contributed by atoms with Crippen LogP contribution in [0.25, 0.3) is 11.1 Å². The Bertz CT molecular complexity index is 1680. The van der Waals surface area contributed by atoms with E-state index in [-0.39, 0.29) is 17.9 Å². The summed E-state index contributed by atoms with van der Waals surface area (Å²) >= 11 is 0.